The van der Waals surface area contributed by atoms with Crippen molar-refractivity contribution in [2.75, 3.05) is 30.5 Å². The van der Waals surface area contributed by atoms with Gasteiger partial charge in [-0.05, 0) is 54.8 Å². The maximum absolute atomic E-state index is 13.2. The van der Waals surface area contributed by atoms with Crippen molar-refractivity contribution >= 4 is 29.0 Å². The van der Waals surface area contributed by atoms with Crippen molar-refractivity contribution in [2.24, 2.45) is 5.92 Å². The van der Waals surface area contributed by atoms with E-state index >= 15 is 0 Å². The highest BCUT2D eigenvalue weighted by Crippen LogP contribution is 2.30. The number of hydrogen-bond donors (Lipinski definition) is 1. The molecule has 1 N–H and O–H groups in total. The Morgan fingerprint density at radius 1 is 0.837 bits per heavy atom. The topological polar surface area (TPSA) is 84.9 Å². The summed E-state index contributed by atoms with van der Waals surface area (Å²) in [6.45, 7) is 0.807. The molecule has 0 aromatic heterocycles. The smallest absolute Gasteiger partial charge is 0.328 e. The highest BCUT2D eigenvalue weighted by molar-refractivity contribution is 6.12. The molecule has 1 atom stereocenters. The second kappa shape index (κ2) is 14.3. The van der Waals surface area contributed by atoms with Gasteiger partial charge in [-0.15, -0.1) is 0 Å². The van der Waals surface area contributed by atoms with Crippen LogP contribution in [0, 0.1) is 5.92 Å². The molecule has 1 fully saturated rings. The Bertz CT molecular complexity index is 1520. The number of anilines is 2. The van der Waals surface area contributed by atoms with E-state index in [2.05, 4.69) is 5.32 Å². The maximum atomic E-state index is 13.2. The average Bonchev–Trinajstić information content (AvgIpc) is 3.03. The summed E-state index contributed by atoms with van der Waals surface area (Å²) in [7, 11) is 1.35. The van der Waals surface area contributed by atoms with Gasteiger partial charge in [0, 0.05) is 34.8 Å². The Morgan fingerprint density at radius 2 is 1.49 bits per heavy atom. The van der Waals surface area contributed by atoms with E-state index in [0.29, 0.717) is 42.1 Å². The largest absolute Gasteiger partial charge is 0.492 e. The van der Waals surface area contributed by atoms with E-state index in [1.165, 1.54) is 7.11 Å². The van der Waals surface area contributed by atoms with Crippen LogP contribution < -0.4 is 15.0 Å². The van der Waals surface area contributed by atoms with Gasteiger partial charge in [-0.25, -0.2) is 4.79 Å². The molecule has 0 radical (unpaired) electrons. The fraction of sp³-hybridized carbons (Fsp3) is 0.250. The molecule has 1 amide bonds. The van der Waals surface area contributed by atoms with E-state index in [9.17, 15) is 14.4 Å². The monoisotopic (exact) mass is 576 g/mol. The van der Waals surface area contributed by atoms with E-state index in [0.717, 1.165) is 30.5 Å². The van der Waals surface area contributed by atoms with Gasteiger partial charge in [-0.2, -0.15) is 0 Å². The number of ether oxygens (including phenoxy) is 2. The summed E-state index contributed by atoms with van der Waals surface area (Å²) in [4.78, 5) is 40.8. The number of carbonyl (C=O) groups is 3. The molecule has 1 aliphatic carbocycles. The fourth-order valence-electron chi connectivity index (χ4n) is 5.14. The second-order valence-corrected chi connectivity index (χ2v) is 10.6. The summed E-state index contributed by atoms with van der Waals surface area (Å²) in [5.41, 5.74) is 3.39. The van der Waals surface area contributed by atoms with E-state index in [-0.39, 0.29) is 17.6 Å². The molecule has 4 aromatic rings. The van der Waals surface area contributed by atoms with Crippen LogP contribution in [0.2, 0.25) is 0 Å². The summed E-state index contributed by atoms with van der Waals surface area (Å²) < 4.78 is 11.1. The lowest BCUT2D eigenvalue weighted by Gasteiger charge is -2.31. The maximum Gasteiger partial charge on any atom is 0.328 e. The number of benzene rings is 4. The molecule has 0 unspecified atom stereocenters. The highest BCUT2D eigenvalue weighted by atomic mass is 16.5. The van der Waals surface area contributed by atoms with Crippen molar-refractivity contribution in [3.8, 4) is 5.75 Å². The zero-order valence-electron chi connectivity index (χ0n) is 24.3. The van der Waals surface area contributed by atoms with Crippen LogP contribution in [0.1, 0.15) is 40.7 Å². The van der Waals surface area contributed by atoms with Crippen molar-refractivity contribution in [1.29, 1.82) is 0 Å². The Morgan fingerprint density at radius 3 is 2.14 bits per heavy atom. The van der Waals surface area contributed by atoms with Crippen LogP contribution in [0.4, 0.5) is 11.4 Å². The number of methoxy groups -OCH3 is 1. The average molecular weight is 577 g/mol. The van der Waals surface area contributed by atoms with Crippen molar-refractivity contribution < 1.29 is 23.9 Å². The second-order valence-electron chi connectivity index (χ2n) is 10.6. The summed E-state index contributed by atoms with van der Waals surface area (Å²) >= 11 is 0. The lowest BCUT2D eigenvalue weighted by molar-refractivity contribution is -0.141. The van der Waals surface area contributed by atoms with Crippen LogP contribution in [0.5, 0.6) is 5.75 Å². The number of amides is 1. The number of nitrogens with one attached hydrogen (secondary N) is 1. The lowest BCUT2D eigenvalue weighted by atomic mass is 9.84. The number of ketones is 1. The van der Waals surface area contributed by atoms with Crippen molar-refractivity contribution in [3.05, 3.63) is 126 Å². The van der Waals surface area contributed by atoms with Crippen LogP contribution in [0.15, 0.2) is 109 Å². The Balaban J connectivity index is 1.22. The van der Waals surface area contributed by atoms with Gasteiger partial charge in [-0.3, -0.25) is 9.59 Å². The molecule has 0 heterocycles. The minimum absolute atomic E-state index is 0.0966. The van der Waals surface area contributed by atoms with Crippen LogP contribution in [-0.2, 0) is 20.7 Å². The molecule has 0 bridgehead atoms. The predicted molar refractivity (Wildman–Crippen MR) is 168 cm³/mol. The molecule has 7 nitrogen and oxygen atoms in total. The first-order valence-corrected chi connectivity index (χ1v) is 14.6. The zero-order valence-corrected chi connectivity index (χ0v) is 24.3. The first-order chi connectivity index (χ1) is 21.0. The van der Waals surface area contributed by atoms with Gasteiger partial charge in [0.15, 0.2) is 5.78 Å². The van der Waals surface area contributed by atoms with Gasteiger partial charge in [0.2, 0.25) is 5.91 Å². The zero-order chi connectivity index (χ0) is 30.0. The summed E-state index contributed by atoms with van der Waals surface area (Å²) in [5, 5.41) is 3.24. The Labute approximate surface area is 252 Å². The van der Waals surface area contributed by atoms with Crippen molar-refractivity contribution in [3.63, 3.8) is 0 Å². The van der Waals surface area contributed by atoms with Crippen LogP contribution in [0.25, 0.3) is 0 Å². The molecule has 0 spiro atoms. The van der Waals surface area contributed by atoms with Gasteiger partial charge in [0.25, 0.3) is 0 Å². The van der Waals surface area contributed by atoms with E-state index in [1.54, 1.807) is 30.3 Å². The lowest BCUT2D eigenvalue weighted by Crippen LogP contribution is -2.41. The third kappa shape index (κ3) is 7.49. The molecule has 1 saturated carbocycles. The molecule has 0 aliphatic heterocycles. The molecular formula is C36H36N2O5. The van der Waals surface area contributed by atoms with Crippen LogP contribution >= 0.6 is 0 Å². The quantitative estimate of drug-likeness (QED) is 0.148. The van der Waals surface area contributed by atoms with Gasteiger partial charge < -0.3 is 19.7 Å². The Kier molecular flexibility index (Phi) is 9.85. The number of carbonyl (C=O) groups excluding carboxylic acids is 3. The van der Waals surface area contributed by atoms with Crippen LogP contribution in [-0.4, -0.2) is 44.0 Å². The molecule has 1 aliphatic rings. The Hall–Kier alpha value is -4.91. The molecule has 43 heavy (non-hydrogen) atoms. The number of rotatable bonds is 13. The van der Waals surface area contributed by atoms with E-state index < -0.39 is 12.0 Å². The van der Waals surface area contributed by atoms with Gasteiger partial charge >= 0.3 is 5.97 Å². The van der Waals surface area contributed by atoms with Crippen LogP contribution in [0.3, 0.4) is 0 Å². The highest BCUT2D eigenvalue weighted by Gasteiger charge is 2.30. The molecular weight excluding hydrogens is 540 g/mol. The first kappa shape index (κ1) is 29.6. The standard InChI is InChI=1S/C36H36N2O5/c1-42-36(41)33(37-32-18-9-8-17-31(32)34(39)27-11-4-2-5-12-27)25-26-19-21-30(22-20-26)43-24-23-38(29-15-6-3-7-16-29)35(40)28-13-10-14-28/h2-9,11-12,15-22,28,33,37H,10,13-14,23-25H2,1H3/t33-/m0/s1. The summed E-state index contributed by atoms with van der Waals surface area (Å²) in [6.07, 6.45) is 3.34. The molecule has 0 saturated heterocycles. The summed E-state index contributed by atoms with van der Waals surface area (Å²) in [6, 6.07) is 32.7. The number of esters is 1. The SMILES string of the molecule is COC(=O)[C@H](Cc1ccc(OCCN(C(=O)C2CCC2)c2ccccc2)cc1)Nc1ccccc1C(=O)c1ccccc1. The van der Waals surface area contributed by atoms with E-state index in [1.807, 2.05) is 83.8 Å². The number of nitrogens with zero attached hydrogens (tertiary/aromatic N) is 1. The first-order valence-electron chi connectivity index (χ1n) is 14.6. The summed E-state index contributed by atoms with van der Waals surface area (Å²) in [5.74, 6) is 0.367. The van der Waals surface area contributed by atoms with Gasteiger partial charge in [-0.1, -0.05) is 79.2 Å². The van der Waals surface area contributed by atoms with Gasteiger partial charge in [0.05, 0.1) is 13.7 Å². The predicted octanol–water partition coefficient (Wildman–Crippen LogP) is 6.33. The minimum Gasteiger partial charge on any atom is -0.492 e. The van der Waals surface area contributed by atoms with E-state index in [4.69, 9.17) is 9.47 Å². The molecule has 5 rings (SSSR count). The fourth-order valence-corrected chi connectivity index (χ4v) is 5.14. The number of hydrogen-bond acceptors (Lipinski definition) is 6. The third-order valence-corrected chi connectivity index (χ3v) is 7.76. The normalized spacial score (nSPS) is 13.3. The number of para-hydroxylation sites is 2. The molecule has 220 valence electrons. The third-order valence-electron chi connectivity index (χ3n) is 7.76. The molecule has 7 heteroatoms. The van der Waals surface area contributed by atoms with Crippen molar-refractivity contribution in [1.82, 2.24) is 0 Å². The minimum atomic E-state index is -0.710. The van der Waals surface area contributed by atoms with Gasteiger partial charge in [0.1, 0.15) is 18.4 Å². The van der Waals surface area contributed by atoms with Crippen molar-refractivity contribution in [2.45, 2.75) is 31.7 Å². The molecule has 4 aromatic carbocycles.